The van der Waals surface area contributed by atoms with Crippen LogP contribution in [0.4, 0.5) is 10.1 Å². The van der Waals surface area contributed by atoms with Gasteiger partial charge < -0.3 is 10.0 Å². The molecule has 2 heterocycles. The zero-order valence-electron chi connectivity index (χ0n) is 14.0. The van der Waals surface area contributed by atoms with Crippen LogP contribution < -0.4 is 4.90 Å². The molecule has 146 valence electrons. The minimum absolute atomic E-state index is 0.0349. The molecule has 0 saturated carbocycles. The Hall–Kier alpha value is -1.65. The number of amidine groups is 1. The van der Waals surface area contributed by atoms with Gasteiger partial charge in [-0.3, -0.25) is 9.59 Å². The summed E-state index contributed by atoms with van der Waals surface area (Å²) < 4.78 is 37.9. The van der Waals surface area contributed by atoms with Gasteiger partial charge in [-0.1, -0.05) is 23.4 Å². The number of hydrogen-bond donors (Lipinski definition) is 1. The number of sulfone groups is 1. The van der Waals surface area contributed by atoms with Crippen LogP contribution >= 0.6 is 23.4 Å². The fourth-order valence-electron chi connectivity index (χ4n) is 3.05. The summed E-state index contributed by atoms with van der Waals surface area (Å²) in [7, 11) is -3.23. The molecule has 0 aliphatic carbocycles. The normalized spacial score (nSPS) is 25.0. The van der Waals surface area contributed by atoms with Crippen LogP contribution in [0.1, 0.15) is 19.3 Å². The highest BCUT2D eigenvalue weighted by molar-refractivity contribution is 8.16. The molecule has 1 aromatic rings. The first-order valence-corrected chi connectivity index (χ1v) is 11.2. The number of amides is 1. The van der Waals surface area contributed by atoms with Crippen molar-refractivity contribution in [3.8, 4) is 0 Å². The smallest absolute Gasteiger partial charge is 0.303 e. The van der Waals surface area contributed by atoms with Gasteiger partial charge >= 0.3 is 5.97 Å². The molecule has 2 aliphatic heterocycles. The molecule has 1 aromatic carbocycles. The molecule has 2 saturated heterocycles. The predicted molar refractivity (Wildman–Crippen MR) is 102 cm³/mol. The van der Waals surface area contributed by atoms with E-state index in [1.54, 1.807) is 11.0 Å². The standard InChI is InChI=1S/C16H16ClFN2O5S2/c17-10-5-4-9(6-11(10)18)20-12-7-27(24,25)8-13(12)26-16(20)19-14(21)2-1-3-15(22)23/h4-6,12-13H,1-3,7-8H2,(H,22,23)/t12-,13+/m0/s1. The lowest BCUT2D eigenvalue weighted by Gasteiger charge is -2.24. The van der Waals surface area contributed by atoms with E-state index in [9.17, 15) is 22.4 Å². The van der Waals surface area contributed by atoms with E-state index in [2.05, 4.69) is 4.99 Å². The number of fused-ring (bicyclic) bond motifs is 1. The van der Waals surface area contributed by atoms with Crippen molar-refractivity contribution >= 4 is 55.9 Å². The number of hydrogen-bond acceptors (Lipinski definition) is 5. The van der Waals surface area contributed by atoms with Crippen molar-refractivity contribution in [2.75, 3.05) is 16.4 Å². The zero-order valence-corrected chi connectivity index (χ0v) is 16.4. The highest BCUT2D eigenvalue weighted by atomic mass is 35.5. The van der Waals surface area contributed by atoms with Gasteiger partial charge in [-0.25, -0.2) is 12.8 Å². The number of aliphatic carboxylic acids is 1. The molecule has 0 spiro atoms. The molecule has 2 atom stereocenters. The maximum absolute atomic E-state index is 13.9. The lowest BCUT2D eigenvalue weighted by Crippen LogP contribution is -2.37. The number of nitrogens with zero attached hydrogens (tertiary/aromatic N) is 2. The van der Waals surface area contributed by atoms with Gasteiger partial charge in [0.05, 0.1) is 22.6 Å². The number of benzene rings is 1. The second kappa shape index (κ2) is 7.76. The van der Waals surface area contributed by atoms with E-state index in [0.29, 0.717) is 10.9 Å². The Morgan fingerprint density at radius 3 is 2.74 bits per heavy atom. The SMILES string of the molecule is O=C(O)CCCC(=O)N=C1S[C@@H]2CS(=O)(=O)C[C@@H]2N1c1ccc(Cl)c(F)c1. The Morgan fingerprint density at radius 1 is 1.33 bits per heavy atom. The molecule has 0 radical (unpaired) electrons. The van der Waals surface area contributed by atoms with Gasteiger partial charge in [0, 0.05) is 23.8 Å². The monoisotopic (exact) mass is 434 g/mol. The summed E-state index contributed by atoms with van der Waals surface area (Å²) in [6.45, 7) is 0. The Morgan fingerprint density at radius 2 is 2.07 bits per heavy atom. The maximum atomic E-state index is 13.9. The van der Waals surface area contributed by atoms with Crippen LogP contribution in [0.5, 0.6) is 0 Å². The van der Waals surface area contributed by atoms with Crippen molar-refractivity contribution < 1.29 is 27.5 Å². The van der Waals surface area contributed by atoms with Crippen molar-refractivity contribution in [1.29, 1.82) is 0 Å². The fourth-order valence-corrected chi connectivity index (χ4v) is 7.10. The molecular formula is C16H16ClFN2O5S2. The Kier molecular flexibility index (Phi) is 5.78. The predicted octanol–water partition coefficient (Wildman–Crippen LogP) is 2.34. The Balaban J connectivity index is 1.88. The van der Waals surface area contributed by atoms with E-state index < -0.39 is 33.6 Å². The third kappa shape index (κ3) is 4.61. The average molecular weight is 435 g/mol. The molecule has 0 aromatic heterocycles. The molecule has 2 aliphatic rings. The Bertz CT molecular complexity index is 921. The van der Waals surface area contributed by atoms with Gasteiger partial charge in [-0.2, -0.15) is 4.99 Å². The number of carboxylic acids is 1. The summed E-state index contributed by atoms with van der Waals surface area (Å²) in [5, 5.41) is 8.57. The lowest BCUT2D eigenvalue weighted by molar-refractivity contribution is -0.137. The van der Waals surface area contributed by atoms with Gasteiger partial charge in [-0.15, -0.1) is 0 Å². The van der Waals surface area contributed by atoms with Crippen LogP contribution in [0.3, 0.4) is 0 Å². The maximum Gasteiger partial charge on any atom is 0.303 e. The van der Waals surface area contributed by atoms with Crippen LogP contribution in [0.25, 0.3) is 0 Å². The number of aliphatic imine (C=N–C) groups is 1. The minimum atomic E-state index is -3.23. The van der Waals surface area contributed by atoms with Crippen LogP contribution in [0.15, 0.2) is 23.2 Å². The van der Waals surface area contributed by atoms with E-state index in [1.165, 1.54) is 23.9 Å². The van der Waals surface area contributed by atoms with Crippen molar-refractivity contribution in [1.82, 2.24) is 0 Å². The minimum Gasteiger partial charge on any atom is -0.481 e. The molecule has 0 bridgehead atoms. The molecular weight excluding hydrogens is 419 g/mol. The first-order chi connectivity index (χ1) is 12.7. The third-order valence-corrected chi connectivity index (χ3v) is 7.77. The average Bonchev–Trinajstić information content (AvgIpc) is 3.00. The molecule has 1 N–H and O–H groups in total. The summed E-state index contributed by atoms with van der Waals surface area (Å²) in [6, 6.07) is 3.63. The van der Waals surface area contributed by atoms with Gasteiger partial charge in [0.15, 0.2) is 15.0 Å². The van der Waals surface area contributed by atoms with Crippen molar-refractivity contribution in [3.63, 3.8) is 0 Å². The second-order valence-corrected chi connectivity index (χ2v) is 10.1. The number of halogens is 2. The highest BCUT2D eigenvalue weighted by Gasteiger charge is 2.49. The second-order valence-electron chi connectivity index (χ2n) is 6.30. The van der Waals surface area contributed by atoms with E-state index in [4.69, 9.17) is 16.7 Å². The van der Waals surface area contributed by atoms with Gasteiger partial charge in [0.25, 0.3) is 0 Å². The molecule has 7 nitrogen and oxygen atoms in total. The van der Waals surface area contributed by atoms with Gasteiger partial charge in [0.1, 0.15) is 5.82 Å². The topological polar surface area (TPSA) is 104 Å². The van der Waals surface area contributed by atoms with Crippen LogP contribution in [0, 0.1) is 5.82 Å². The fraction of sp³-hybridized carbons (Fsp3) is 0.438. The van der Waals surface area contributed by atoms with Crippen LogP contribution in [-0.4, -0.2) is 53.4 Å². The first kappa shape index (κ1) is 20.1. The first-order valence-electron chi connectivity index (χ1n) is 8.11. The van der Waals surface area contributed by atoms with Crippen molar-refractivity contribution in [2.45, 2.75) is 30.6 Å². The van der Waals surface area contributed by atoms with Crippen LogP contribution in [-0.2, 0) is 19.4 Å². The highest BCUT2D eigenvalue weighted by Crippen LogP contribution is 2.41. The summed E-state index contributed by atoms with van der Waals surface area (Å²) in [4.78, 5) is 28.2. The molecule has 2 fully saturated rings. The number of carbonyl (C=O) groups is 2. The number of carbonyl (C=O) groups excluding carboxylic acids is 1. The van der Waals surface area contributed by atoms with E-state index in [1.807, 2.05) is 0 Å². The molecule has 11 heteroatoms. The zero-order chi connectivity index (χ0) is 19.8. The lowest BCUT2D eigenvalue weighted by atomic mass is 10.2. The van der Waals surface area contributed by atoms with Crippen molar-refractivity contribution in [3.05, 3.63) is 29.0 Å². The summed E-state index contributed by atoms with van der Waals surface area (Å²) >= 11 is 6.89. The number of anilines is 1. The van der Waals surface area contributed by atoms with E-state index in [0.717, 1.165) is 0 Å². The molecule has 3 rings (SSSR count). The summed E-state index contributed by atoms with van der Waals surface area (Å²) in [5.74, 6) is -2.30. The summed E-state index contributed by atoms with van der Waals surface area (Å²) in [6.07, 6.45) is -0.0153. The molecule has 1 amide bonds. The number of rotatable bonds is 5. The van der Waals surface area contributed by atoms with Gasteiger partial charge in [-0.05, 0) is 24.6 Å². The summed E-state index contributed by atoms with van der Waals surface area (Å²) in [5.41, 5.74) is 0.367. The molecule has 0 unspecified atom stereocenters. The third-order valence-electron chi connectivity index (χ3n) is 4.25. The van der Waals surface area contributed by atoms with E-state index in [-0.39, 0.29) is 41.0 Å². The largest absolute Gasteiger partial charge is 0.481 e. The van der Waals surface area contributed by atoms with Crippen LogP contribution in [0.2, 0.25) is 5.02 Å². The Labute approximate surface area is 164 Å². The number of thioether (sulfide) groups is 1. The quantitative estimate of drug-likeness (QED) is 0.758. The van der Waals surface area contributed by atoms with Gasteiger partial charge in [0.2, 0.25) is 5.91 Å². The molecule has 27 heavy (non-hydrogen) atoms. The van der Waals surface area contributed by atoms with Crippen molar-refractivity contribution in [2.24, 2.45) is 4.99 Å². The van der Waals surface area contributed by atoms with E-state index >= 15 is 0 Å². The number of carboxylic acid groups (broad SMARTS) is 1.